The number of alkyl halides is 1. The Morgan fingerprint density at radius 1 is 1.29 bits per heavy atom. The van der Waals surface area contributed by atoms with Crippen molar-refractivity contribution in [2.45, 2.75) is 114 Å². The summed E-state index contributed by atoms with van der Waals surface area (Å²) < 4.78 is 0. The van der Waals surface area contributed by atoms with Gasteiger partial charge in [-0.05, 0) is 70.0 Å². The van der Waals surface area contributed by atoms with Gasteiger partial charge in [0.2, 0.25) is 5.91 Å². The molecule has 202 valence electrons. The van der Waals surface area contributed by atoms with Crippen LogP contribution in [0.15, 0.2) is 4.99 Å². The molecule has 0 spiro atoms. The van der Waals surface area contributed by atoms with Gasteiger partial charge in [-0.15, -0.1) is 11.6 Å². The van der Waals surface area contributed by atoms with E-state index in [1.54, 1.807) is 0 Å². The number of hydrogen-bond donors (Lipinski definition) is 5. The van der Waals surface area contributed by atoms with Crippen LogP contribution in [0.4, 0.5) is 0 Å². The molecule has 0 aromatic rings. The first-order valence-corrected chi connectivity index (χ1v) is 14.4. The maximum absolute atomic E-state index is 13.8. The molecule has 8 nitrogen and oxygen atoms in total. The van der Waals surface area contributed by atoms with Crippen LogP contribution in [0, 0.1) is 11.3 Å². The maximum Gasteiger partial charge on any atom is 0.228 e. The zero-order valence-electron chi connectivity index (χ0n) is 21.9. The molecule has 0 bridgehead atoms. The Bertz CT molecular complexity index is 685. The van der Waals surface area contributed by atoms with Gasteiger partial charge in [-0.1, -0.05) is 33.1 Å². The molecule has 6 unspecified atom stereocenters. The summed E-state index contributed by atoms with van der Waals surface area (Å²) in [6.45, 7) is 8.23. The minimum atomic E-state index is -0.787. The summed E-state index contributed by atoms with van der Waals surface area (Å²) in [6, 6.07) is 0.321. The van der Waals surface area contributed by atoms with Crippen LogP contribution in [-0.4, -0.2) is 78.9 Å². The number of likely N-dealkylation sites (tertiary alicyclic amines) is 1. The van der Waals surface area contributed by atoms with Gasteiger partial charge in [0.05, 0.1) is 29.5 Å². The Balaban J connectivity index is 1.76. The van der Waals surface area contributed by atoms with Gasteiger partial charge >= 0.3 is 0 Å². The molecule has 3 aliphatic heterocycles. The molecule has 0 aliphatic carbocycles. The molecule has 0 aromatic carbocycles. The second kappa shape index (κ2) is 13.7. The lowest BCUT2D eigenvalue weighted by atomic mass is 9.73. The van der Waals surface area contributed by atoms with E-state index in [0.717, 1.165) is 90.4 Å². The second-order valence-corrected chi connectivity index (χ2v) is 12.1. The predicted molar refractivity (Wildman–Crippen MR) is 146 cm³/mol. The van der Waals surface area contributed by atoms with Crippen molar-refractivity contribution in [3.8, 4) is 0 Å². The Labute approximate surface area is 217 Å². The zero-order chi connectivity index (χ0) is 25.4. The first-order chi connectivity index (χ1) is 16.7. The molecule has 8 N–H and O–H groups in total. The van der Waals surface area contributed by atoms with Gasteiger partial charge in [-0.2, -0.15) is 0 Å². The van der Waals surface area contributed by atoms with Crippen molar-refractivity contribution >= 4 is 23.7 Å². The fourth-order valence-electron chi connectivity index (χ4n) is 6.28. The topological polar surface area (TPSA) is 135 Å². The maximum atomic E-state index is 13.8. The lowest BCUT2D eigenvalue weighted by molar-refractivity contribution is -0.128. The monoisotopic (exact) mass is 511 g/mol. The number of nitrogens with two attached hydrogens (primary N) is 3. The van der Waals surface area contributed by atoms with Crippen LogP contribution in [0.5, 0.6) is 0 Å². The molecule has 6 atom stereocenters. The summed E-state index contributed by atoms with van der Waals surface area (Å²) in [5.41, 5.74) is 18.8. The molecular weight excluding hydrogens is 462 g/mol. The third-order valence-electron chi connectivity index (χ3n) is 8.48. The smallest absolute Gasteiger partial charge is 0.228 e. The van der Waals surface area contributed by atoms with Crippen molar-refractivity contribution in [2.75, 3.05) is 26.2 Å². The summed E-state index contributed by atoms with van der Waals surface area (Å²) in [4.78, 5) is 21.1. The number of aliphatic imine (C=N–C) groups is 1. The van der Waals surface area contributed by atoms with Crippen LogP contribution in [0.25, 0.3) is 0 Å². The SMILES string of the molecule is CCCCC1(C)CCCC(Cl)C=NC(C(C(=O)NC2CNCCC2N2CCC(N)CC2)C(N)N)C1. The largest absolute Gasteiger partial charge is 0.350 e. The Morgan fingerprint density at radius 2 is 2.03 bits per heavy atom. The molecule has 35 heavy (non-hydrogen) atoms. The van der Waals surface area contributed by atoms with Crippen molar-refractivity contribution in [2.24, 2.45) is 33.5 Å². The highest BCUT2D eigenvalue weighted by atomic mass is 35.5. The molecule has 1 amide bonds. The number of nitrogens with one attached hydrogen (secondary N) is 2. The van der Waals surface area contributed by atoms with Crippen molar-refractivity contribution in [1.29, 1.82) is 0 Å². The molecule has 0 aromatic heterocycles. The number of rotatable bonds is 8. The van der Waals surface area contributed by atoms with E-state index in [0.29, 0.717) is 6.04 Å². The first kappa shape index (κ1) is 28.8. The van der Waals surface area contributed by atoms with Gasteiger partial charge in [0.15, 0.2) is 0 Å². The van der Waals surface area contributed by atoms with Crippen molar-refractivity contribution < 1.29 is 4.79 Å². The molecular formula is C26H50ClN7O. The molecule has 3 rings (SSSR count). The first-order valence-electron chi connectivity index (χ1n) is 13.9. The number of amides is 1. The van der Waals surface area contributed by atoms with Crippen LogP contribution in [0.1, 0.15) is 78.1 Å². The van der Waals surface area contributed by atoms with Gasteiger partial charge in [-0.25, -0.2) is 0 Å². The van der Waals surface area contributed by atoms with Crippen molar-refractivity contribution in [3.05, 3.63) is 0 Å². The molecule has 2 saturated heterocycles. The van der Waals surface area contributed by atoms with Crippen LogP contribution >= 0.6 is 11.6 Å². The summed E-state index contributed by atoms with van der Waals surface area (Å²) >= 11 is 6.53. The predicted octanol–water partition coefficient (Wildman–Crippen LogP) is 1.93. The van der Waals surface area contributed by atoms with Gasteiger partial charge in [0, 0.05) is 24.8 Å². The van der Waals surface area contributed by atoms with E-state index in [1.807, 2.05) is 6.21 Å². The molecule has 0 saturated carbocycles. The van der Waals surface area contributed by atoms with Crippen LogP contribution in [0.3, 0.4) is 0 Å². The van der Waals surface area contributed by atoms with Gasteiger partial charge in [-0.3, -0.25) is 14.7 Å². The number of piperidine rings is 2. The van der Waals surface area contributed by atoms with Crippen LogP contribution in [0.2, 0.25) is 0 Å². The zero-order valence-corrected chi connectivity index (χ0v) is 22.7. The second-order valence-electron chi connectivity index (χ2n) is 11.5. The van der Waals surface area contributed by atoms with E-state index in [2.05, 4.69) is 29.4 Å². The van der Waals surface area contributed by atoms with Gasteiger partial charge < -0.3 is 27.8 Å². The minimum absolute atomic E-state index is 0.0133. The summed E-state index contributed by atoms with van der Waals surface area (Å²) in [6.07, 6.45) is 11.3. The highest BCUT2D eigenvalue weighted by Crippen LogP contribution is 2.39. The minimum Gasteiger partial charge on any atom is -0.350 e. The van der Waals surface area contributed by atoms with Crippen LogP contribution < -0.4 is 27.8 Å². The van der Waals surface area contributed by atoms with Gasteiger partial charge in [0.25, 0.3) is 0 Å². The number of halogens is 1. The quantitative estimate of drug-likeness (QED) is 0.249. The Kier molecular flexibility index (Phi) is 11.3. The lowest BCUT2D eigenvalue weighted by Crippen LogP contribution is -2.63. The lowest BCUT2D eigenvalue weighted by Gasteiger charge is -2.44. The fraction of sp³-hybridized carbons (Fsp3) is 0.923. The summed E-state index contributed by atoms with van der Waals surface area (Å²) in [5.74, 6) is -0.677. The molecule has 3 aliphatic rings. The molecule has 9 heteroatoms. The normalized spacial score (nSPS) is 34.7. The van der Waals surface area contributed by atoms with E-state index in [1.165, 1.54) is 0 Å². The van der Waals surface area contributed by atoms with E-state index >= 15 is 0 Å². The van der Waals surface area contributed by atoms with Gasteiger partial charge in [0.1, 0.15) is 0 Å². The highest BCUT2D eigenvalue weighted by molar-refractivity contribution is 6.28. The number of carbonyl (C=O) groups is 1. The number of carbonyl (C=O) groups excluding carboxylic acids is 1. The van der Waals surface area contributed by atoms with E-state index < -0.39 is 12.1 Å². The summed E-state index contributed by atoms with van der Waals surface area (Å²) in [5, 5.41) is 6.68. The molecule has 0 radical (unpaired) electrons. The average Bonchev–Trinajstić information content (AvgIpc) is 2.88. The molecule has 3 heterocycles. The average molecular weight is 512 g/mol. The Hall–Kier alpha value is -0.770. The number of nitrogens with zero attached hydrogens (tertiary/aromatic N) is 2. The van der Waals surface area contributed by atoms with Crippen molar-refractivity contribution in [1.82, 2.24) is 15.5 Å². The fourth-order valence-corrected chi connectivity index (χ4v) is 6.50. The van der Waals surface area contributed by atoms with Crippen molar-refractivity contribution in [3.63, 3.8) is 0 Å². The number of hydrogen-bond acceptors (Lipinski definition) is 7. The standard InChI is InChI=1S/C26H50ClN7O/c1-3-4-10-26(2)11-5-6-18(27)16-32-20(15-26)23(24(29)30)25(35)33-21-17-31-12-7-22(21)34-13-8-19(28)9-14-34/h16,18-24,31H,3-15,17,28-30H2,1-2H3,(H,33,35). The third kappa shape index (κ3) is 8.37. The van der Waals surface area contributed by atoms with E-state index in [9.17, 15) is 4.79 Å². The molecule has 2 fully saturated rings. The Morgan fingerprint density at radius 3 is 2.71 bits per heavy atom. The van der Waals surface area contributed by atoms with Crippen LogP contribution in [-0.2, 0) is 4.79 Å². The summed E-state index contributed by atoms with van der Waals surface area (Å²) in [7, 11) is 0. The van der Waals surface area contributed by atoms with E-state index in [-0.39, 0.29) is 34.8 Å². The van der Waals surface area contributed by atoms with E-state index in [4.69, 9.17) is 33.8 Å². The highest BCUT2D eigenvalue weighted by Gasteiger charge is 2.40. The number of unbranched alkanes of at least 4 members (excludes halogenated alkanes) is 1. The third-order valence-corrected chi connectivity index (χ3v) is 8.81.